The Balaban J connectivity index is 2.10. The van der Waals surface area contributed by atoms with E-state index in [2.05, 4.69) is 16.0 Å². The molecule has 8 heteroatoms. The first-order chi connectivity index (χ1) is 14.8. The van der Waals surface area contributed by atoms with Crippen molar-refractivity contribution in [1.29, 1.82) is 0 Å². The number of amides is 3. The van der Waals surface area contributed by atoms with E-state index in [-0.39, 0.29) is 22.7 Å². The van der Waals surface area contributed by atoms with Gasteiger partial charge >= 0.3 is 0 Å². The predicted molar refractivity (Wildman–Crippen MR) is 128 cm³/mol. The molecule has 166 valence electrons. The lowest BCUT2D eigenvalue weighted by Gasteiger charge is -2.19. The summed E-state index contributed by atoms with van der Waals surface area (Å²) in [6.45, 7) is 4.43. The Morgan fingerprint density at radius 1 is 1.10 bits per heavy atom. The molecule has 0 radical (unpaired) electrons. The van der Waals surface area contributed by atoms with Gasteiger partial charge in [-0.1, -0.05) is 36.2 Å². The molecule has 2 aromatic rings. The van der Waals surface area contributed by atoms with Crippen LogP contribution in [0.15, 0.2) is 42.5 Å². The second-order valence-electron chi connectivity index (χ2n) is 7.12. The summed E-state index contributed by atoms with van der Waals surface area (Å²) in [6, 6.07) is 11.2. The topological polar surface area (TPSA) is 87.3 Å². The van der Waals surface area contributed by atoms with Gasteiger partial charge in [-0.2, -0.15) is 11.8 Å². The van der Waals surface area contributed by atoms with Crippen molar-refractivity contribution in [1.82, 2.24) is 10.6 Å². The minimum absolute atomic E-state index is 0.246. The third-order valence-electron chi connectivity index (χ3n) is 4.53. The molecule has 2 rings (SSSR count). The molecule has 0 aromatic heterocycles. The van der Waals surface area contributed by atoms with Crippen molar-refractivity contribution in [3.63, 3.8) is 0 Å². The zero-order chi connectivity index (χ0) is 22.8. The van der Waals surface area contributed by atoms with Gasteiger partial charge in [0.1, 0.15) is 6.04 Å². The number of carbonyl (C=O) groups excluding carboxylic acids is 3. The van der Waals surface area contributed by atoms with Gasteiger partial charge in [0.15, 0.2) is 0 Å². The molecule has 0 heterocycles. The molecule has 1 unspecified atom stereocenters. The highest BCUT2D eigenvalue weighted by Gasteiger charge is 2.22. The summed E-state index contributed by atoms with van der Waals surface area (Å²) in [7, 11) is 0. The van der Waals surface area contributed by atoms with E-state index in [1.807, 2.05) is 26.2 Å². The van der Waals surface area contributed by atoms with Gasteiger partial charge in [0, 0.05) is 17.8 Å². The lowest BCUT2D eigenvalue weighted by molar-refractivity contribution is -0.118. The van der Waals surface area contributed by atoms with Gasteiger partial charge in [-0.15, -0.1) is 0 Å². The van der Waals surface area contributed by atoms with Gasteiger partial charge in [-0.3, -0.25) is 14.4 Å². The van der Waals surface area contributed by atoms with Crippen molar-refractivity contribution >= 4 is 46.8 Å². The molecule has 0 bridgehead atoms. The number of halogens is 1. The van der Waals surface area contributed by atoms with E-state index < -0.39 is 6.04 Å². The summed E-state index contributed by atoms with van der Waals surface area (Å²) in [5.41, 5.74) is 2.28. The summed E-state index contributed by atoms with van der Waals surface area (Å²) < 4.78 is 0. The molecular weight excluding hydrogens is 434 g/mol. The fourth-order valence-electron chi connectivity index (χ4n) is 2.87. The first-order valence-electron chi connectivity index (χ1n) is 10.1. The lowest BCUT2D eigenvalue weighted by atomic mass is 10.1. The zero-order valence-corrected chi connectivity index (χ0v) is 19.5. The molecule has 0 spiro atoms. The largest absolute Gasteiger partial charge is 0.352 e. The molecule has 3 N–H and O–H groups in total. The molecule has 0 aliphatic carbocycles. The number of carbonyl (C=O) groups is 3. The number of anilines is 1. The van der Waals surface area contributed by atoms with E-state index in [4.69, 9.17) is 11.6 Å². The zero-order valence-electron chi connectivity index (χ0n) is 18.0. The Kier molecular flexibility index (Phi) is 9.88. The van der Waals surface area contributed by atoms with Crippen LogP contribution in [0.1, 0.15) is 46.0 Å². The summed E-state index contributed by atoms with van der Waals surface area (Å²) in [5.74, 6) is -0.183. The van der Waals surface area contributed by atoms with Crippen LogP contribution >= 0.6 is 23.4 Å². The third kappa shape index (κ3) is 7.60. The van der Waals surface area contributed by atoms with E-state index in [0.717, 1.165) is 12.0 Å². The molecule has 0 saturated heterocycles. The van der Waals surface area contributed by atoms with Gasteiger partial charge in [-0.25, -0.2) is 0 Å². The van der Waals surface area contributed by atoms with Gasteiger partial charge in [0.2, 0.25) is 5.91 Å². The van der Waals surface area contributed by atoms with Crippen LogP contribution in [0, 0.1) is 6.92 Å². The molecule has 6 nitrogen and oxygen atoms in total. The molecule has 3 amide bonds. The van der Waals surface area contributed by atoms with E-state index >= 15 is 0 Å². The Labute approximate surface area is 192 Å². The Hall–Kier alpha value is -2.51. The monoisotopic (exact) mass is 461 g/mol. The summed E-state index contributed by atoms with van der Waals surface area (Å²) >= 11 is 7.84. The average Bonchev–Trinajstić information content (AvgIpc) is 2.74. The van der Waals surface area contributed by atoms with Gasteiger partial charge in [0.25, 0.3) is 11.8 Å². The number of hydrogen-bond donors (Lipinski definition) is 3. The number of hydrogen-bond acceptors (Lipinski definition) is 4. The normalized spacial score (nSPS) is 11.5. The van der Waals surface area contributed by atoms with Crippen LogP contribution < -0.4 is 16.0 Å². The van der Waals surface area contributed by atoms with Crippen LogP contribution in [0.2, 0.25) is 5.02 Å². The van der Waals surface area contributed by atoms with Crippen LogP contribution in [0.25, 0.3) is 0 Å². The van der Waals surface area contributed by atoms with E-state index in [1.54, 1.807) is 42.1 Å². The molecular formula is C23H28ClN3O3S. The van der Waals surface area contributed by atoms with Crippen LogP contribution in [-0.4, -0.2) is 42.3 Å². The standard InChI is InChI=1S/C23H28ClN3O3S/c1-4-11-25-22(29)18-9-8-17(14-19(18)24)26-23(30)20(10-12-31-3)27-21(28)16-7-5-6-15(2)13-16/h5-9,13-14,20H,4,10-12H2,1-3H3,(H,25,29)(H,26,30)(H,27,28). The summed E-state index contributed by atoms with van der Waals surface area (Å²) in [4.78, 5) is 37.6. The fourth-order valence-corrected chi connectivity index (χ4v) is 3.61. The van der Waals surface area contributed by atoms with Crippen LogP contribution in [0.4, 0.5) is 5.69 Å². The van der Waals surface area contributed by atoms with Crippen molar-refractivity contribution in [2.24, 2.45) is 0 Å². The maximum atomic E-state index is 12.9. The molecule has 0 aliphatic rings. The Bertz CT molecular complexity index is 936. The number of benzene rings is 2. The second kappa shape index (κ2) is 12.4. The lowest BCUT2D eigenvalue weighted by Crippen LogP contribution is -2.44. The van der Waals surface area contributed by atoms with Gasteiger partial charge in [0.05, 0.1) is 10.6 Å². The maximum Gasteiger partial charge on any atom is 0.252 e. The molecule has 2 aromatic carbocycles. The summed E-state index contributed by atoms with van der Waals surface area (Å²) in [6.07, 6.45) is 3.25. The van der Waals surface area contributed by atoms with Crippen molar-refractivity contribution in [3.05, 3.63) is 64.2 Å². The van der Waals surface area contributed by atoms with E-state index in [9.17, 15) is 14.4 Å². The smallest absolute Gasteiger partial charge is 0.252 e. The number of nitrogens with one attached hydrogen (secondary N) is 3. The van der Waals surface area contributed by atoms with Crippen LogP contribution in [0.5, 0.6) is 0 Å². The molecule has 0 aliphatic heterocycles. The molecule has 1 atom stereocenters. The highest BCUT2D eigenvalue weighted by atomic mass is 35.5. The maximum absolute atomic E-state index is 12.9. The molecule has 0 fully saturated rings. The predicted octanol–water partition coefficient (Wildman–Crippen LogP) is 4.28. The number of aryl methyl sites for hydroxylation is 1. The average molecular weight is 462 g/mol. The molecule has 31 heavy (non-hydrogen) atoms. The van der Waals surface area contributed by atoms with Crippen LogP contribution in [-0.2, 0) is 4.79 Å². The van der Waals surface area contributed by atoms with Crippen molar-refractivity contribution < 1.29 is 14.4 Å². The Morgan fingerprint density at radius 3 is 2.52 bits per heavy atom. The first kappa shape index (κ1) is 24.8. The highest BCUT2D eigenvalue weighted by Crippen LogP contribution is 2.21. The Morgan fingerprint density at radius 2 is 1.87 bits per heavy atom. The quantitative estimate of drug-likeness (QED) is 0.492. The number of rotatable bonds is 10. The fraction of sp³-hybridized carbons (Fsp3) is 0.348. The SMILES string of the molecule is CCCNC(=O)c1ccc(NC(=O)C(CCSC)NC(=O)c2cccc(C)c2)cc1Cl. The van der Waals surface area contributed by atoms with Crippen LogP contribution in [0.3, 0.4) is 0 Å². The summed E-state index contributed by atoms with van der Waals surface area (Å²) in [5, 5.41) is 8.63. The van der Waals surface area contributed by atoms with Gasteiger partial charge in [-0.05, 0) is 62.1 Å². The van der Waals surface area contributed by atoms with Crippen molar-refractivity contribution in [2.75, 3.05) is 23.9 Å². The van der Waals surface area contributed by atoms with E-state index in [0.29, 0.717) is 35.5 Å². The third-order valence-corrected chi connectivity index (χ3v) is 5.49. The number of thioether (sulfide) groups is 1. The van der Waals surface area contributed by atoms with Gasteiger partial charge < -0.3 is 16.0 Å². The highest BCUT2D eigenvalue weighted by molar-refractivity contribution is 7.98. The van der Waals surface area contributed by atoms with Crippen molar-refractivity contribution in [3.8, 4) is 0 Å². The minimum Gasteiger partial charge on any atom is -0.352 e. The minimum atomic E-state index is -0.702. The van der Waals surface area contributed by atoms with Crippen molar-refractivity contribution in [2.45, 2.75) is 32.7 Å². The molecule has 0 saturated carbocycles. The van der Waals surface area contributed by atoms with E-state index in [1.165, 1.54) is 6.07 Å². The second-order valence-corrected chi connectivity index (χ2v) is 8.51. The first-order valence-corrected chi connectivity index (χ1v) is 11.9.